The summed E-state index contributed by atoms with van der Waals surface area (Å²) < 4.78 is 13.8. The van der Waals surface area contributed by atoms with Gasteiger partial charge in [0.1, 0.15) is 5.82 Å². The lowest BCUT2D eigenvalue weighted by atomic mass is 10.1. The Labute approximate surface area is 125 Å². The van der Waals surface area contributed by atoms with E-state index >= 15 is 0 Å². The lowest BCUT2D eigenvalue weighted by Crippen LogP contribution is -2.04. The first-order valence-corrected chi connectivity index (χ1v) is 7.76. The highest BCUT2D eigenvalue weighted by Crippen LogP contribution is 2.28. The van der Waals surface area contributed by atoms with Gasteiger partial charge in [-0.05, 0) is 42.3 Å². The Morgan fingerprint density at radius 3 is 2.47 bits per heavy atom. The molecular formula is C15H15BrFNS. The van der Waals surface area contributed by atoms with Gasteiger partial charge in [-0.25, -0.2) is 4.39 Å². The molecule has 0 aromatic heterocycles. The van der Waals surface area contributed by atoms with Crippen LogP contribution < -0.4 is 5.73 Å². The van der Waals surface area contributed by atoms with Crippen molar-refractivity contribution in [3.8, 4) is 0 Å². The Hall–Kier alpha value is -0.840. The molecule has 2 aromatic carbocycles. The van der Waals surface area contributed by atoms with E-state index in [1.54, 1.807) is 11.8 Å². The van der Waals surface area contributed by atoms with E-state index in [1.165, 1.54) is 17.0 Å². The molecule has 0 saturated heterocycles. The third kappa shape index (κ3) is 4.06. The normalized spacial score (nSPS) is 12.4. The van der Waals surface area contributed by atoms with Crippen LogP contribution in [0.4, 0.5) is 4.39 Å². The Bertz CT molecular complexity index is 555. The zero-order valence-electron chi connectivity index (χ0n) is 10.6. The Morgan fingerprint density at radius 1 is 1.21 bits per heavy atom. The second-order valence-electron chi connectivity index (χ2n) is 4.38. The molecule has 0 fully saturated rings. The van der Waals surface area contributed by atoms with E-state index in [0.717, 1.165) is 21.4 Å². The molecule has 1 atom stereocenters. The molecule has 0 bridgehead atoms. The van der Waals surface area contributed by atoms with Crippen LogP contribution in [0.15, 0.2) is 51.8 Å². The summed E-state index contributed by atoms with van der Waals surface area (Å²) in [6, 6.07) is 13.1. The summed E-state index contributed by atoms with van der Waals surface area (Å²) in [5.41, 5.74) is 8.03. The molecule has 2 N–H and O–H groups in total. The van der Waals surface area contributed by atoms with Crippen LogP contribution in [0, 0.1) is 5.82 Å². The van der Waals surface area contributed by atoms with E-state index < -0.39 is 0 Å². The molecule has 2 rings (SSSR count). The lowest BCUT2D eigenvalue weighted by Gasteiger charge is -2.08. The predicted molar refractivity (Wildman–Crippen MR) is 82.7 cm³/mol. The van der Waals surface area contributed by atoms with Crippen molar-refractivity contribution in [2.24, 2.45) is 5.73 Å². The van der Waals surface area contributed by atoms with Gasteiger partial charge in [-0.3, -0.25) is 0 Å². The first-order valence-electron chi connectivity index (χ1n) is 5.98. The van der Waals surface area contributed by atoms with Crippen molar-refractivity contribution >= 4 is 27.7 Å². The highest BCUT2D eigenvalue weighted by molar-refractivity contribution is 9.10. The van der Waals surface area contributed by atoms with Gasteiger partial charge in [-0.1, -0.05) is 34.1 Å². The second kappa shape index (κ2) is 6.55. The van der Waals surface area contributed by atoms with Crippen molar-refractivity contribution in [1.29, 1.82) is 0 Å². The topological polar surface area (TPSA) is 26.0 Å². The van der Waals surface area contributed by atoms with Crippen molar-refractivity contribution in [3.05, 3.63) is 63.9 Å². The van der Waals surface area contributed by atoms with Gasteiger partial charge in [0.05, 0.1) is 0 Å². The monoisotopic (exact) mass is 339 g/mol. The Balaban J connectivity index is 2.02. The minimum atomic E-state index is -0.220. The molecule has 100 valence electrons. The van der Waals surface area contributed by atoms with Crippen LogP contribution >= 0.6 is 27.7 Å². The van der Waals surface area contributed by atoms with E-state index in [1.807, 2.05) is 25.1 Å². The zero-order chi connectivity index (χ0) is 13.8. The lowest BCUT2D eigenvalue weighted by molar-refractivity contribution is 0.626. The van der Waals surface area contributed by atoms with Crippen LogP contribution in [-0.4, -0.2) is 0 Å². The molecule has 0 saturated carbocycles. The molecule has 0 radical (unpaired) electrons. The molecule has 0 amide bonds. The maximum Gasteiger partial charge on any atom is 0.124 e. The number of rotatable bonds is 4. The third-order valence-corrected chi connectivity index (χ3v) is 4.61. The van der Waals surface area contributed by atoms with Gasteiger partial charge in [-0.15, -0.1) is 11.8 Å². The van der Waals surface area contributed by atoms with E-state index in [0.29, 0.717) is 0 Å². The summed E-state index contributed by atoms with van der Waals surface area (Å²) in [5, 5.41) is 0. The van der Waals surface area contributed by atoms with Crippen LogP contribution in [0.3, 0.4) is 0 Å². The van der Waals surface area contributed by atoms with Crippen LogP contribution in [-0.2, 0) is 5.75 Å². The van der Waals surface area contributed by atoms with Crippen molar-refractivity contribution in [1.82, 2.24) is 0 Å². The summed E-state index contributed by atoms with van der Waals surface area (Å²) in [4.78, 5) is 1.18. The Morgan fingerprint density at radius 2 is 1.89 bits per heavy atom. The maximum absolute atomic E-state index is 13.0. The molecule has 0 aliphatic heterocycles. The maximum atomic E-state index is 13.0. The average molecular weight is 340 g/mol. The van der Waals surface area contributed by atoms with Gasteiger partial charge in [0.25, 0.3) is 0 Å². The zero-order valence-corrected chi connectivity index (χ0v) is 13.0. The van der Waals surface area contributed by atoms with Gasteiger partial charge >= 0.3 is 0 Å². The van der Waals surface area contributed by atoms with Crippen molar-refractivity contribution in [2.45, 2.75) is 23.6 Å². The fourth-order valence-electron chi connectivity index (χ4n) is 1.67. The molecule has 0 heterocycles. The second-order valence-corrected chi connectivity index (χ2v) is 6.29. The minimum absolute atomic E-state index is 0.0605. The van der Waals surface area contributed by atoms with Crippen LogP contribution in [0.2, 0.25) is 0 Å². The van der Waals surface area contributed by atoms with Crippen LogP contribution in [0.25, 0.3) is 0 Å². The highest BCUT2D eigenvalue weighted by Gasteiger charge is 2.04. The van der Waals surface area contributed by atoms with Gasteiger partial charge in [0.2, 0.25) is 0 Å². The average Bonchev–Trinajstić information content (AvgIpc) is 2.38. The third-order valence-electron chi connectivity index (χ3n) is 2.82. The smallest absolute Gasteiger partial charge is 0.124 e. The molecule has 1 unspecified atom stereocenters. The SMILES string of the molecule is CC(N)c1ccc(SCc2ccc(F)cc2Br)cc1. The first kappa shape index (κ1) is 14.6. The number of halogens is 2. The first-order chi connectivity index (χ1) is 9.06. The molecule has 2 aromatic rings. The van der Waals surface area contributed by atoms with Gasteiger partial charge in [-0.2, -0.15) is 0 Å². The van der Waals surface area contributed by atoms with E-state index in [9.17, 15) is 4.39 Å². The van der Waals surface area contributed by atoms with E-state index in [-0.39, 0.29) is 11.9 Å². The fourth-order valence-corrected chi connectivity index (χ4v) is 3.25. The van der Waals surface area contributed by atoms with E-state index in [4.69, 9.17) is 5.73 Å². The van der Waals surface area contributed by atoms with E-state index in [2.05, 4.69) is 28.1 Å². The summed E-state index contributed by atoms with van der Waals surface area (Å²) in [6.45, 7) is 1.97. The number of hydrogen-bond acceptors (Lipinski definition) is 2. The fraction of sp³-hybridized carbons (Fsp3) is 0.200. The molecule has 0 aliphatic rings. The number of hydrogen-bond donors (Lipinski definition) is 1. The molecule has 1 nitrogen and oxygen atoms in total. The highest BCUT2D eigenvalue weighted by atomic mass is 79.9. The van der Waals surface area contributed by atoms with Crippen molar-refractivity contribution in [3.63, 3.8) is 0 Å². The molecular weight excluding hydrogens is 325 g/mol. The summed E-state index contributed by atoms with van der Waals surface area (Å²) >= 11 is 5.10. The number of benzene rings is 2. The van der Waals surface area contributed by atoms with Gasteiger partial charge < -0.3 is 5.73 Å². The molecule has 0 aliphatic carbocycles. The standard InChI is InChI=1S/C15H15BrFNS/c1-10(18)11-3-6-14(7-4-11)19-9-12-2-5-13(17)8-15(12)16/h2-8,10H,9,18H2,1H3. The van der Waals surface area contributed by atoms with Crippen molar-refractivity contribution in [2.75, 3.05) is 0 Å². The van der Waals surface area contributed by atoms with Gasteiger partial charge in [0, 0.05) is 21.2 Å². The summed E-state index contributed by atoms with van der Waals surface area (Å²) in [7, 11) is 0. The molecule has 19 heavy (non-hydrogen) atoms. The molecule has 4 heteroatoms. The van der Waals surface area contributed by atoms with Crippen molar-refractivity contribution < 1.29 is 4.39 Å². The predicted octanol–water partition coefficient (Wildman–Crippen LogP) is 4.90. The summed E-state index contributed by atoms with van der Waals surface area (Å²) in [6.07, 6.45) is 0. The minimum Gasteiger partial charge on any atom is -0.324 e. The Kier molecular flexibility index (Phi) is 5.02. The number of nitrogens with two attached hydrogens (primary N) is 1. The quantitative estimate of drug-likeness (QED) is 0.801. The largest absolute Gasteiger partial charge is 0.324 e. The van der Waals surface area contributed by atoms with Crippen LogP contribution in [0.1, 0.15) is 24.1 Å². The number of thioether (sulfide) groups is 1. The molecule has 0 spiro atoms. The van der Waals surface area contributed by atoms with Gasteiger partial charge in [0.15, 0.2) is 0 Å². The summed E-state index contributed by atoms with van der Waals surface area (Å²) in [5.74, 6) is 0.584. The van der Waals surface area contributed by atoms with Crippen LogP contribution in [0.5, 0.6) is 0 Å².